The smallest absolute Gasteiger partial charge is 0.192 e. The Morgan fingerprint density at radius 2 is 1.93 bits per heavy atom. The Labute approximate surface area is 177 Å². The van der Waals surface area contributed by atoms with Crippen LogP contribution in [0.5, 0.6) is 0 Å². The molecule has 4 rings (SSSR count). The second-order valence-electron chi connectivity index (χ2n) is 6.46. The second-order valence-corrected chi connectivity index (χ2v) is 8.26. The molecule has 0 aliphatic rings. The van der Waals surface area contributed by atoms with Gasteiger partial charge in [0, 0.05) is 28.8 Å². The minimum atomic E-state index is -0.272. The third-order valence-electron chi connectivity index (χ3n) is 4.41. The molecular weight excluding hydrogens is 403 g/mol. The van der Waals surface area contributed by atoms with Crippen molar-refractivity contribution in [3.63, 3.8) is 0 Å². The monoisotopic (exact) mass is 422 g/mol. The number of hydrogen-bond donors (Lipinski definition) is 0. The molecule has 0 spiro atoms. The van der Waals surface area contributed by atoms with Crippen molar-refractivity contribution in [3.05, 3.63) is 83.6 Å². The summed E-state index contributed by atoms with van der Waals surface area (Å²) >= 11 is 3.23. The molecule has 0 unspecified atom stereocenters. The number of rotatable bonds is 7. The molecule has 7 heteroatoms. The van der Waals surface area contributed by atoms with Crippen LogP contribution in [0.3, 0.4) is 0 Å². The zero-order valence-electron chi connectivity index (χ0n) is 15.9. The maximum atomic E-state index is 13.2. The van der Waals surface area contributed by atoms with Gasteiger partial charge in [-0.1, -0.05) is 42.1 Å². The van der Waals surface area contributed by atoms with Crippen LogP contribution in [0.4, 0.5) is 4.39 Å². The summed E-state index contributed by atoms with van der Waals surface area (Å²) < 4.78 is 15.2. The van der Waals surface area contributed by atoms with Gasteiger partial charge in [-0.3, -0.25) is 4.57 Å². The fourth-order valence-corrected chi connectivity index (χ4v) is 4.81. The molecule has 146 valence electrons. The third kappa shape index (κ3) is 4.31. The minimum absolute atomic E-state index is 0.272. The van der Waals surface area contributed by atoms with Crippen LogP contribution < -0.4 is 0 Å². The molecule has 2 aromatic heterocycles. The van der Waals surface area contributed by atoms with Crippen molar-refractivity contribution in [2.45, 2.75) is 24.4 Å². The highest BCUT2D eigenvalue weighted by molar-refractivity contribution is 7.98. The highest BCUT2D eigenvalue weighted by Crippen LogP contribution is 2.30. The number of thioether (sulfide) groups is 1. The Morgan fingerprint density at radius 3 is 2.69 bits per heavy atom. The van der Waals surface area contributed by atoms with E-state index in [1.807, 2.05) is 16.7 Å². The zero-order chi connectivity index (χ0) is 20.2. The number of aromatic nitrogens is 4. The van der Waals surface area contributed by atoms with Gasteiger partial charge in [-0.25, -0.2) is 9.37 Å². The summed E-state index contributed by atoms with van der Waals surface area (Å²) in [7, 11) is 0. The van der Waals surface area contributed by atoms with E-state index < -0.39 is 0 Å². The third-order valence-corrected chi connectivity index (χ3v) is 6.33. The van der Waals surface area contributed by atoms with E-state index >= 15 is 0 Å². The summed E-state index contributed by atoms with van der Waals surface area (Å²) in [6, 6.07) is 14.5. The van der Waals surface area contributed by atoms with Crippen molar-refractivity contribution in [1.82, 2.24) is 19.7 Å². The van der Waals surface area contributed by atoms with Crippen LogP contribution in [0.25, 0.3) is 22.0 Å². The Bertz CT molecular complexity index is 1130. The van der Waals surface area contributed by atoms with Crippen molar-refractivity contribution in [3.8, 4) is 22.0 Å². The normalized spacial score (nSPS) is 11.0. The van der Waals surface area contributed by atoms with E-state index in [9.17, 15) is 4.39 Å². The lowest BCUT2D eigenvalue weighted by Crippen LogP contribution is -2.00. The molecule has 2 aromatic carbocycles. The van der Waals surface area contributed by atoms with Gasteiger partial charge in [0.1, 0.15) is 10.8 Å². The van der Waals surface area contributed by atoms with Gasteiger partial charge >= 0.3 is 0 Å². The lowest BCUT2D eigenvalue weighted by Gasteiger charge is -2.07. The number of hydrogen-bond acceptors (Lipinski definition) is 5. The molecule has 4 nitrogen and oxygen atoms in total. The summed E-state index contributed by atoms with van der Waals surface area (Å²) in [5.74, 6) is 1.12. The predicted octanol–water partition coefficient (Wildman–Crippen LogP) is 5.99. The largest absolute Gasteiger partial charge is 0.298 e. The first-order valence-corrected chi connectivity index (χ1v) is 11.0. The van der Waals surface area contributed by atoms with Crippen LogP contribution in [0.1, 0.15) is 11.3 Å². The Morgan fingerprint density at radius 1 is 1.14 bits per heavy atom. The van der Waals surface area contributed by atoms with Gasteiger partial charge in [-0.15, -0.1) is 28.1 Å². The van der Waals surface area contributed by atoms with Crippen molar-refractivity contribution < 1.29 is 4.39 Å². The van der Waals surface area contributed by atoms with Gasteiger partial charge in [0.2, 0.25) is 0 Å². The lowest BCUT2D eigenvalue weighted by molar-refractivity contribution is 0.628. The quantitative estimate of drug-likeness (QED) is 0.271. The highest BCUT2D eigenvalue weighted by Gasteiger charge is 2.15. The van der Waals surface area contributed by atoms with E-state index in [0.717, 1.165) is 21.4 Å². The van der Waals surface area contributed by atoms with Gasteiger partial charge < -0.3 is 0 Å². The average molecular weight is 423 g/mol. The van der Waals surface area contributed by atoms with E-state index in [2.05, 4.69) is 41.2 Å². The zero-order valence-corrected chi connectivity index (χ0v) is 17.5. The average Bonchev–Trinajstić information content (AvgIpc) is 3.35. The molecule has 0 saturated carbocycles. The summed E-state index contributed by atoms with van der Waals surface area (Å²) in [5.41, 5.74) is 4.22. The topological polar surface area (TPSA) is 43.6 Å². The molecule has 0 N–H and O–H groups in total. The van der Waals surface area contributed by atoms with Gasteiger partial charge in [0.05, 0.1) is 5.69 Å². The second kappa shape index (κ2) is 8.71. The van der Waals surface area contributed by atoms with E-state index in [1.54, 1.807) is 41.3 Å². The summed E-state index contributed by atoms with van der Waals surface area (Å²) in [6.07, 6.45) is 1.81. The Balaban J connectivity index is 1.54. The number of thiazole rings is 1. The molecule has 0 fully saturated rings. The van der Waals surface area contributed by atoms with Crippen LogP contribution in [-0.2, 0) is 12.3 Å². The van der Waals surface area contributed by atoms with E-state index in [4.69, 9.17) is 4.98 Å². The number of aryl methyl sites for hydroxylation is 1. The standard InChI is InChI=1S/C22H19FN4S2/c1-3-12-27-20(16-8-10-17(23)11-9-16)25-26-22(27)29-14-18-13-28-21(24-18)19-7-5-4-6-15(19)2/h3-11,13H,1,12,14H2,2H3. The number of benzene rings is 2. The Kier molecular flexibility index (Phi) is 5.87. The van der Waals surface area contributed by atoms with Gasteiger partial charge in [-0.05, 0) is 36.8 Å². The lowest BCUT2D eigenvalue weighted by atomic mass is 10.1. The minimum Gasteiger partial charge on any atom is -0.298 e. The first-order valence-electron chi connectivity index (χ1n) is 9.09. The summed E-state index contributed by atoms with van der Waals surface area (Å²) in [6.45, 7) is 6.51. The van der Waals surface area contributed by atoms with Crippen LogP contribution in [-0.4, -0.2) is 19.7 Å². The fraction of sp³-hybridized carbons (Fsp3) is 0.136. The molecule has 0 atom stereocenters. The number of nitrogens with zero attached hydrogens (tertiary/aromatic N) is 4. The van der Waals surface area contributed by atoms with Crippen molar-refractivity contribution in [2.75, 3.05) is 0 Å². The number of halogens is 1. The highest BCUT2D eigenvalue weighted by atomic mass is 32.2. The first-order chi connectivity index (χ1) is 14.2. The molecule has 29 heavy (non-hydrogen) atoms. The Hall–Kier alpha value is -2.77. The van der Waals surface area contributed by atoms with Crippen molar-refractivity contribution in [2.24, 2.45) is 0 Å². The van der Waals surface area contributed by atoms with Crippen molar-refractivity contribution in [1.29, 1.82) is 0 Å². The van der Waals surface area contributed by atoms with Crippen LogP contribution in [0.15, 0.2) is 71.7 Å². The van der Waals surface area contributed by atoms with E-state index in [0.29, 0.717) is 18.1 Å². The maximum Gasteiger partial charge on any atom is 0.192 e. The van der Waals surface area contributed by atoms with Gasteiger partial charge in [-0.2, -0.15) is 0 Å². The van der Waals surface area contributed by atoms with Gasteiger partial charge in [0.25, 0.3) is 0 Å². The molecule has 2 heterocycles. The van der Waals surface area contributed by atoms with E-state index in [1.165, 1.54) is 23.3 Å². The molecule has 0 aliphatic carbocycles. The molecule has 0 amide bonds. The van der Waals surface area contributed by atoms with Crippen LogP contribution in [0.2, 0.25) is 0 Å². The molecule has 0 bridgehead atoms. The molecule has 0 aliphatic heterocycles. The van der Waals surface area contributed by atoms with Crippen molar-refractivity contribution >= 4 is 23.1 Å². The molecule has 4 aromatic rings. The van der Waals surface area contributed by atoms with Crippen LogP contribution >= 0.6 is 23.1 Å². The molecule has 0 radical (unpaired) electrons. The summed E-state index contributed by atoms with van der Waals surface area (Å²) in [4.78, 5) is 4.79. The predicted molar refractivity (Wildman–Crippen MR) is 117 cm³/mol. The van der Waals surface area contributed by atoms with E-state index in [-0.39, 0.29) is 5.82 Å². The van der Waals surface area contributed by atoms with Gasteiger partial charge in [0.15, 0.2) is 11.0 Å². The SMILES string of the molecule is C=CCn1c(SCc2csc(-c3ccccc3C)n2)nnc1-c1ccc(F)cc1. The molecular formula is C22H19FN4S2. The maximum absolute atomic E-state index is 13.2. The summed E-state index contributed by atoms with van der Waals surface area (Å²) in [5, 5.41) is 12.6. The molecule has 0 saturated heterocycles. The van der Waals surface area contributed by atoms with Crippen LogP contribution in [0, 0.1) is 12.7 Å². The fourth-order valence-electron chi connectivity index (χ4n) is 2.95. The first kappa shape index (κ1) is 19.5. The number of allylic oxidation sites excluding steroid dienone is 1.